The number of carbonyl (C=O) groups is 1. The fraction of sp³-hybridized carbons (Fsp3) is 0.391. The summed E-state index contributed by atoms with van der Waals surface area (Å²) in [5.41, 5.74) is 1.12. The third-order valence-corrected chi connectivity index (χ3v) is 4.86. The van der Waals surface area contributed by atoms with Gasteiger partial charge in [-0.15, -0.1) is 0 Å². The van der Waals surface area contributed by atoms with Gasteiger partial charge in [-0.1, -0.05) is 54.2 Å². The highest BCUT2D eigenvalue weighted by Crippen LogP contribution is 2.26. The van der Waals surface area contributed by atoms with Gasteiger partial charge in [0.05, 0.1) is 24.0 Å². The summed E-state index contributed by atoms with van der Waals surface area (Å²) in [6.45, 7) is 6.65. The molecule has 2 rings (SSSR count). The van der Waals surface area contributed by atoms with Crippen molar-refractivity contribution >= 4 is 44.9 Å². The van der Waals surface area contributed by atoms with Crippen LogP contribution in [0.3, 0.4) is 0 Å². The summed E-state index contributed by atoms with van der Waals surface area (Å²) in [5, 5.41) is 5.96. The van der Waals surface area contributed by atoms with Crippen molar-refractivity contribution < 1.29 is 14.3 Å². The Hall–Kier alpha value is -2.12. The number of rotatable bonds is 10. The molecule has 0 bridgehead atoms. The number of benzene rings is 2. The molecule has 0 atom stereocenters. The van der Waals surface area contributed by atoms with E-state index >= 15 is 0 Å². The molecule has 0 aliphatic carbocycles. The number of nitrogens with one attached hydrogen (secondary N) is 2. The standard InChI is InChI=1S/C23H29BrN2O3S/c1-4-5-6-9-14-28-20-13-12-17(24)15-18(20)22(27)26-23(30)25-19-10-7-8-11-21(19)29-16(2)3/h7-8,10-13,15-16H,4-6,9,14H2,1-3H3,(H2,25,26,27,30). The molecule has 0 unspecified atom stereocenters. The Morgan fingerprint density at radius 1 is 1.10 bits per heavy atom. The van der Waals surface area contributed by atoms with E-state index in [-0.39, 0.29) is 17.1 Å². The Balaban J connectivity index is 2.03. The number of hydrogen-bond acceptors (Lipinski definition) is 4. The molecule has 0 aliphatic heterocycles. The van der Waals surface area contributed by atoms with E-state index in [1.807, 2.05) is 44.2 Å². The second-order valence-electron chi connectivity index (χ2n) is 7.12. The molecule has 2 aromatic carbocycles. The van der Waals surface area contributed by atoms with Gasteiger partial charge in [0, 0.05) is 4.47 Å². The van der Waals surface area contributed by atoms with Crippen LogP contribution >= 0.6 is 28.1 Å². The predicted molar refractivity (Wildman–Crippen MR) is 130 cm³/mol. The Kier molecular flexibility index (Phi) is 10.1. The van der Waals surface area contributed by atoms with E-state index in [1.54, 1.807) is 12.1 Å². The molecule has 0 aromatic heterocycles. The number of halogens is 1. The maximum atomic E-state index is 12.8. The minimum Gasteiger partial charge on any atom is -0.493 e. The summed E-state index contributed by atoms with van der Waals surface area (Å²) < 4.78 is 12.4. The minimum absolute atomic E-state index is 0.0230. The fourth-order valence-electron chi connectivity index (χ4n) is 2.77. The van der Waals surface area contributed by atoms with Gasteiger partial charge in [-0.3, -0.25) is 10.1 Å². The second-order valence-corrected chi connectivity index (χ2v) is 8.44. The number of amides is 1. The summed E-state index contributed by atoms with van der Waals surface area (Å²) in [6.07, 6.45) is 4.44. The first kappa shape index (κ1) is 24.2. The quantitative estimate of drug-likeness (QED) is 0.300. The lowest BCUT2D eigenvalue weighted by atomic mass is 10.2. The first-order valence-corrected chi connectivity index (χ1v) is 11.4. The second kappa shape index (κ2) is 12.5. The van der Waals surface area contributed by atoms with Crippen LogP contribution in [0.25, 0.3) is 0 Å². The number of carbonyl (C=O) groups excluding carboxylic acids is 1. The number of ether oxygens (including phenoxy) is 2. The Bertz CT molecular complexity index is 858. The van der Waals surface area contributed by atoms with E-state index in [0.29, 0.717) is 29.4 Å². The van der Waals surface area contributed by atoms with Gasteiger partial charge in [0.25, 0.3) is 5.91 Å². The summed E-state index contributed by atoms with van der Waals surface area (Å²) in [6, 6.07) is 12.8. The van der Waals surface area contributed by atoms with Gasteiger partial charge in [0.1, 0.15) is 11.5 Å². The zero-order valence-electron chi connectivity index (χ0n) is 17.7. The van der Waals surface area contributed by atoms with Gasteiger partial charge >= 0.3 is 0 Å². The molecule has 162 valence electrons. The van der Waals surface area contributed by atoms with Crippen molar-refractivity contribution in [3.05, 3.63) is 52.5 Å². The van der Waals surface area contributed by atoms with Crippen molar-refractivity contribution in [2.45, 2.75) is 52.6 Å². The zero-order valence-corrected chi connectivity index (χ0v) is 20.1. The molecule has 5 nitrogen and oxygen atoms in total. The van der Waals surface area contributed by atoms with Crippen LogP contribution in [0, 0.1) is 0 Å². The van der Waals surface area contributed by atoms with E-state index in [9.17, 15) is 4.79 Å². The smallest absolute Gasteiger partial charge is 0.261 e. The van der Waals surface area contributed by atoms with Gasteiger partial charge in [0.2, 0.25) is 0 Å². The molecular weight excluding hydrogens is 464 g/mol. The Morgan fingerprint density at radius 2 is 1.87 bits per heavy atom. The third kappa shape index (κ3) is 7.95. The van der Waals surface area contributed by atoms with Crippen LogP contribution in [0.1, 0.15) is 56.8 Å². The third-order valence-electron chi connectivity index (χ3n) is 4.17. The van der Waals surface area contributed by atoms with Gasteiger partial charge in [-0.25, -0.2) is 0 Å². The minimum atomic E-state index is -0.334. The first-order valence-electron chi connectivity index (χ1n) is 10.2. The molecule has 0 heterocycles. The number of anilines is 1. The van der Waals surface area contributed by atoms with Crippen LogP contribution < -0.4 is 20.1 Å². The van der Waals surface area contributed by atoms with E-state index in [1.165, 1.54) is 12.8 Å². The number of thiocarbonyl (C=S) groups is 1. The van der Waals surface area contributed by atoms with Crippen molar-refractivity contribution in [3.63, 3.8) is 0 Å². The molecular formula is C23H29BrN2O3S. The summed E-state index contributed by atoms with van der Waals surface area (Å²) in [4.78, 5) is 12.8. The molecule has 30 heavy (non-hydrogen) atoms. The highest BCUT2D eigenvalue weighted by Gasteiger charge is 2.16. The lowest BCUT2D eigenvalue weighted by Crippen LogP contribution is -2.34. The van der Waals surface area contributed by atoms with Crippen molar-refractivity contribution in [1.29, 1.82) is 0 Å². The van der Waals surface area contributed by atoms with Crippen LogP contribution in [0.4, 0.5) is 5.69 Å². The van der Waals surface area contributed by atoms with Crippen molar-refractivity contribution in [1.82, 2.24) is 5.32 Å². The molecule has 7 heteroatoms. The number of unbranched alkanes of at least 4 members (excludes halogenated alkanes) is 3. The maximum absolute atomic E-state index is 12.8. The molecule has 0 saturated carbocycles. The number of para-hydroxylation sites is 2. The molecule has 0 aliphatic rings. The number of hydrogen-bond donors (Lipinski definition) is 2. The van der Waals surface area contributed by atoms with Crippen molar-refractivity contribution in [3.8, 4) is 11.5 Å². The fourth-order valence-corrected chi connectivity index (χ4v) is 3.33. The lowest BCUT2D eigenvalue weighted by Gasteiger charge is -2.17. The van der Waals surface area contributed by atoms with Crippen LogP contribution in [0.2, 0.25) is 0 Å². The van der Waals surface area contributed by atoms with Gasteiger partial charge < -0.3 is 14.8 Å². The summed E-state index contributed by atoms with van der Waals surface area (Å²) in [5.74, 6) is 0.876. The van der Waals surface area contributed by atoms with Crippen LogP contribution in [-0.4, -0.2) is 23.7 Å². The van der Waals surface area contributed by atoms with Crippen molar-refractivity contribution in [2.24, 2.45) is 0 Å². The van der Waals surface area contributed by atoms with Crippen LogP contribution in [0.5, 0.6) is 11.5 Å². The molecule has 0 spiro atoms. The van der Waals surface area contributed by atoms with E-state index in [2.05, 4.69) is 33.5 Å². The average Bonchev–Trinajstić information content (AvgIpc) is 2.69. The van der Waals surface area contributed by atoms with Gasteiger partial charge in [-0.2, -0.15) is 0 Å². The summed E-state index contributed by atoms with van der Waals surface area (Å²) >= 11 is 8.76. The summed E-state index contributed by atoms with van der Waals surface area (Å²) in [7, 11) is 0. The molecule has 0 saturated heterocycles. The van der Waals surface area contributed by atoms with E-state index in [4.69, 9.17) is 21.7 Å². The average molecular weight is 493 g/mol. The molecule has 1 amide bonds. The molecule has 0 radical (unpaired) electrons. The Morgan fingerprint density at radius 3 is 2.60 bits per heavy atom. The monoisotopic (exact) mass is 492 g/mol. The first-order chi connectivity index (χ1) is 14.4. The van der Waals surface area contributed by atoms with Crippen LogP contribution in [0.15, 0.2) is 46.9 Å². The maximum Gasteiger partial charge on any atom is 0.261 e. The molecule has 0 fully saturated rings. The van der Waals surface area contributed by atoms with E-state index in [0.717, 1.165) is 17.3 Å². The lowest BCUT2D eigenvalue weighted by molar-refractivity contribution is 0.0973. The normalized spacial score (nSPS) is 10.6. The molecule has 2 N–H and O–H groups in total. The van der Waals surface area contributed by atoms with Gasteiger partial charge in [-0.05, 0) is 62.8 Å². The van der Waals surface area contributed by atoms with Crippen molar-refractivity contribution in [2.75, 3.05) is 11.9 Å². The largest absolute Gasteiger partial charge is 0.493 e. The zero-order chi connectivity index (χ0) is 21.9. The topological polar surface area (TPSA) is 59.6 Å². The van der Waals surface area contributed by atoms with Gasteiger partial charge in [0.15, 0.2) is 5.11 Å². The van der Waals surface area contributed by atoms with E-state index < -0.39 is 0 Å². The Labute approximate surface area is 192 Å². The molecule has 2 aromatic rings. The highest BCUT2D eigenvalue weighted by atomic mass is 79.9. The predicted octanol–water partition coefficient (Wildman–Crippen LogP) is 6.32. The van der Waals surface area contributed by atoms with Crippen LogP contribution in [-0.2, 0) is 0 Å². The SMILES string of the molecule is CCCCCCOc1ccc(Br)cc1C(=O)NC(=S)Nc1ccccc1OC(C)C. The highest BCUT2D eigenvalue weighted by molar-refractivity contribution is 9.10.